The van der Waals surface area contributed by atoms with Crippen LogP contribution in [-0.4, -0.2) is 26.7 Å². The van der Waals surface area contributed by atoms with Gasteiger partial charge in [0.1, 0.15) is 11.4 Å². The Kier molecular flexibility index (Phi) is 6.28. The van der Waals surface area contributed by atoms with Gasteiger partial charge in [0.05, 0.1) is 4.90 Å². The van der Waals surface area contributed by atoms with Crippen molar-refractivity contribution in [3.05, 3.63) is 35.7 Å². The van der Waals surface area contributed by atoms with Gasteiger partial charge in [0.15, 0.2) is 0 Å². The topological polar surface area (TPSA) is 98.5 Å². The molecule has 0 aliphatic carbocycles. The Labute approximate surface area is 135 Å². The number of nitrogens with two attached hydrogens (primary N) is 1. The minimum Gasteiger partial charge on any atom is -0.444 e. The summed E-state index contributed by atoms with van der Waals surface area (Å²) in [7, 11) is -3.92. The fraction of sp³-hybridized carbons (Fsp3) is 0.400. The molecular formula is C15H21FN2O4S. The summed E-state index contributed by atoms with van der Waals surface area (Å²) in [6, 6.07) is 3.43. The van der Waals surface area contributed by atoms with Crippen LogP contribution in [0.2, 0.25) is 0 Å². The third-order valence-corrected chi connectivity index (χ3v) is 3.49. The lowest BCUT2D eigenvalue weighted by Gasteiger charge is -2.19. The number of ether oxygens (including phenoxy) is 1. The fourth-order valence-corrected chi connectivity index (χ4v) is 2.13. The monoisotopic (exact) mass is 344 g/mol. The largest absolute Gasteiger partial charge is 0.444 e. The number of hydrogen-bond acceptors (Lipinski definition) is 4. The first kappa shape index (κ1) is 19.1. The van der Waals surface area contributed by atoms with Crippen LogP contribution < -0.4 is 10.5 Å². The first-order valence-corrected chi connectivity index (χ1v) is 8.49. The molecule has 0 saturated heterocycles. The summed E-state index contributed by atoms with van der Waals surface area (Å²) in [5.74, 6) is -0.687. The molecule has 23 heavy (non-hydrogen) atoms. The van der Waals surface area contributed by atoms with Gasteiger partial charge >= 0.3 is 6.09 Å². The van der Waals surface area contributed by atoms with Gasteiger partial charge in [0.25, 0.3) is 0 Å². The Morgan fingerprint density at radius 3 is 2.57 bits per heavy atom. The molecule has 0 atom stereocenters. The van der Waals surface area contributed by atoms with Crippen LogP contribution in [0.3, 0.4) is 0 Å². The molecule has 0 aliphatic rings. The number of rotatable bonds is 5. The Balaban J connectivity index is 2.52. The van der Waals surface area contributed by atoms with Gasteiger partial charge in [0.2, 0.25) is 10.0 Å². The van der Waals surface area contributed by atoms with Crippen molar-refractivity contribution in [2.24, 2.45) is 5.14 Å². The summed E-state index contributed by atoms with van der Waals surface area (Å²) in [5.41, 5.74) is -0.330. The highest BCUT2D eigenvalue weighted by Gasteiger charge is 2.15. The number of primary sulfonamides is 1. The van der Waals surface area contributed by atoms with Gasteiger partial charge in [-0.05, 0) is 39.3 Å². The van der Waals surface area contributed by atoms with E-state index in [2.05, 4.69) is 5.32 Å². The molecule has 0 aliphatic heterocycles. The van der Waals surface area contributed by atoms with Gasteiger partial charge in [-0.15, -0.1) is 0 Å². The number of amides is 1. The molecule has 0 spiro atoms. The number of carbonyl (C=O) groups is 1. The van der Waals surface area contributed by atoms with E-state index in [0.717, 1.165) is 6.07 Å². The number of nitrogens with one attached hydrogen (secondary N) is 1. The third kappa shape index (κ3) is 7.25. The molecular weight excluding hydrogens is 323 g/mol. The smallest absolute Gasteiger partial charge is 0.407 e. The minimum atomic E-state index is -3.92. The standard InChI is InChI=1S/C15H21FN2O4S/c1-15(2,3)22-14(19)18-9-5-4-6-11-7-8-12(10-13(11)16)23(17,20)21/h4,6-8,10H,5,9H2,1-3H3,(H,18,19)(H2,17,20,21). The van der Waals surface area contributed by atoms with Gasteiger partial charge in [-0.3, -0.25) is 0 Å². The van der Waals surface area contributed by atoms with Crippen molar-refractivity contribution in [2.45, 2.75) is 37.7 Å². The van der Waals surface area contributed by atoms with Crippen molar-refractivity contribution >= 4 is 22.2 Å². The van der Waals surface area contributed by atoms with Gasteiger partial charge in [-0.25, -0.2) is 22.7 Å². The average molecular weight is 344 g/mol. The van der Waals surface area contributed by atoms with Crippen molar-refractivity contribution < 1.29 is 22.3 Å². The van der Waals surface area contributed by atoms with E-state index in [1.807, 2.05) is 0 Å². The van der Waals surface area contributed by atoms with E-state index in [4.69, 9.17) is 9.88 Å². The molecule has 128 valence electrons. The second kappa shape index (κ2) is 7.56. The first-order valence-electron chi connectivity index (χ1n) is 6.95. The van der Waals surface area contributed by atoms with E-state index in [1.165, 1.54) is 18.2 Å². The Morgan fingerprint density at radius 2 is 2.04 bits per heavy atom. The van der Waals surface area contributed by atoms with E-state index >= 15 is 0 Å². The lowest BCUT2D eigenvalue weighted by Crippen LogP contribution is -2.32. The summed E-state index contributed by atoms with van der Waals surface area (Å²) >= 11 is 0. The number of benzene rings is 1. The molecule has 0 fully saturated rings. The van der Waals surface area contributed by atoms with Crippen molar-refractivity contribution in [3.8, 4) is 0 Å². The Morgan fingerprint density at radius 1 is 1.39 bits per heavy atom. The number of sulfonamides is 1. The molecule has 0 bridgehead atoms. The highest BCUT2D eigenvalue weighted by atomic mass is 32.2. The van der Waals surface area contributed by atoms with Crippen LogP contribution in [0.5, 0.6) is 0 Å². The molecule has 0 saturated carbocycles. The lowest BCUT2D eigenvalue weighted by molar-refractivity contribution is 0.0529. The van der Waals surface area contributed by atoms with E-state index in [-0.39, 0.29) is 10.5 Å². The summed E-state index contributed by atoms with van der Waals surface area (Å²) in [4.78, 5) is 11.1. The second-order valence-electron chi connectivity index (χ2n) is 5.85. The number of carbonyl (C=O) groups excluding carboxylic acids is 1. The molecule has 1 rings (SSSR count). The zero-order chi connectivity index (χ0) is 17.7. The van der Waals surface area contributed by atoms with Crippen LogP contribution in [-0.2, 0) is 14.8 Å². The third-order valence-electron chi connectivity index (χ3n) is 2.58. The molecule has 0 unspecified atom stereocenters. The number of alkyl carbamates (subject to hydrolysis) is 1. The summed E-state index contributed by atoms with van der Waals surface area (Å²) in [5, 5.41) is 7.49. The highest BCUT2D eigenvalue weighted by molar-refractivity contribution is 7.89. The highest BCUT2D eigenvalue weighted by Crippen LogP contribution is 2.15. The summed E-state index contributed by atoms with van der Waals surface area (Å²) in [6.45, 7) is 5.63. The second-order valence-corrected chi connectivity index (χ2v) is 7.41. The SMILES string of the molecule is CC(C)(C)OC(=O)NCCC=Cc1ccc(S(N)(=O)=O)cc1F. The van der Waals surface area contributed by atoms with Gasteiger partial charge in [-0.2, -0.15) is 0 Å². The zero-order valence-corrected chi connectivity index (χ0v) is 14.1. The van der Waals surface area contributed by atoms with Crippen molar-refractivity contribution in [3.63, 3.8) is 0 Å². The number of hydrogen-bond donors (Lipinski definition) is 2. The van der Waals surface area contributed by atoms with Crippen LogP contribution in [0.4, 0.5) is 9.18 Å². The maximum atomic E-state index is 13.7. The molecule has 3 N–H and O–H groups in total. The van der Waals surface area contributed by atoms with Crippen LogP contribution in [0.1, 0.15) is 32.8 Å². The van der Waals surface area contributed by atoms with Crippen LogP contribution >= 0.6 is 0 Å². The molecule has 1 aromatic rings. The molecule has 0 heterocycles. The van der Waals surface area contributed by atoms with Crippen LogP contribution in [0.25, 0.3) is 6.08 Å². The molecule has 6 nitrogen and oxygen atoms in total. The number of halogens is 1. The van der Waals surface area contributed by atoms with Gasteiger partial charge in [0, 0.05) is 12.1 Å². The van der Waals surface area contributed by atoms with E-state index < -0.39 is 27.5 Å². The molecule has 1 aromatic carbocycles. The summed E-state index contributed by atoms with van der Waals surface area (Å²) in [6.07, 6.45) is 3.11. The Bertz CT molecular complexity index is 694. The lowest BCUT2D eigenvalue weighted by atomic mass is 10.2. The maximum Gasteiger partial charge on any atom is 0.407 e. The molecule has 1 amide bonds. The van der Waals surface area contributed by atoms with Crippen molar-refractivity contribution in [1.29, 1.82) is 0 Å². The minimum absolute atomic E-state index is 0.231. The summed E-state index contributed by atoms with van der Waals surface area (Å²) < 4.78 is 41.0. The molecule has 0 radical (unpaired) electrons. The zero-order valence-electron chi connectivity index (χ0n) is 13.3. The van der Waals surface area contributed by atoms with E-state index in [1.54, 1.807) is 26.8 Å². The van der Waals surface area contributed by atoms with Gasteiger partial charge in [-0.1, -0.05) is 18.2 Å². The van der Waals surface area contributed by atoms with Gasteiger partial charge < -0.3 is 10.1 Å². The Hall–Kier alpha value is -1.93. The first-order chi connectivity index (χ1) is 10.5. The van der Waals surface area contributed by atoms with Crippen LogP contribution in [0.15, 0.2) is 29.2 Å². The predicted octanol–water partition coefficient (Wildman–Crippen LogP) is 2.40. The molecule has 8 heteroatoms. The normalized spacial score (nSPS) is 12.4. The quantitative estimate of drug-likeness (QED) is 0.801. The average Bonchev–Trinajstić information content (AvgIpc) is 2.36. The maximum absolute atomic E-state index is 13.7. The molecule has 0 aromatic heterocycles. The van der Waals surface area contributed by atoms with E-state index in [0.29, 0.717) is 13.0 Å². The predicted molar refractivity (Wildman–Crippen MR) is 85.7 cm³/mol. The fourth-order valence-electron chi connectivity index (χ4n) is 1.60. The van der Waals surface area contributed by atoms with Crippen LogP contribution in [0, 0.1) is 5.82 Å². The van der Waals surface area contributed by atoms with Crippen molar-refractivity contribution in [2.75, 3.05) is 6.54 Å². The van der Waals surface area contributed by atoms with E-state index in [9.17, 15) is 17.6 Å². The van der Waals surface area contributed by atoms with Crippen molar-refractivity contribution in [1.82, 2.24) is 5.32 Å².